The molecule has 1 rings (SSSR count). The van der Waals surface area contributed by atoms with Crippen LogP contribution in [0.2, 0.25) is 0 Å². The molecule has 0 saturated heterocycles. The second-order valence-corrected chi connectivity index (χ2v) is 3.89. The highest BCUT2D eigenvalue weighted by Gasteiger charge is 2.12. The van der Waals surface area contributed by atoms with Crippen molar-refractivity contribution in [2.75, 3.05) is 12.4 Å². The Morgan fingerprint density at radius 3 is 2.62 bits per heavy atom. The van der Waals surface area contributed by atoms with Crippen LogP contribution in [-0.4, -0.2) is 13.5 Å². The second-order valence-electron chi connectivity index (χ2n) is 3.89. The molecule has 0 fully saturated rings. The third-order valence-corrected chi connectivity index (χ3v) is 2.79. The van der Waals surface area contributed by atoms with Crippen molar-refractivity contribution < 1.29 is 9.53 Å². The zero-order valence-electron chi connectivity index (χ0n) is 10.4. The predicted molar refractivity (Wildman–Crippen MR) is 66.1 cm³/mol. The van der Waals surface area contributed by atoms with Crippen molar-refractivity contribution in [2.24, 2.45) is 0 Å². The fraction of sp³-hybridized carbons (Fsp3) is 0.462. The first kappa shape index (κ1) is 12.6. The third-order valence-electron chi connectivity index (χ3n) is 2.79. The standard InChI is InChI=1S/C13H19NO2/c1-5-6-11-10(3)12(16-4)7-9(2)13(11)14-8-15/h7-8H,5-6H2,1-4H3,(H,14,15). The van der Waals surface area contributed by atoms with Gasteiger partial charge in [-0.05, 0) is 43.0 Å². The van der Waals surface area contributed by atoms with Gasteiger partial charge in [-0.3, -0.25) is 4.79 Å². The monoisotopic (exact) mass is 221 g/mol. The maximum absolute atomic E-state index is 10.6. The maximum Gasteiger partial charge on any atom is 0.211 e. The van der Waals surface area contributed by atoms with E-state index in [2.05, 4.69) is 12.2 Å². The Kier molecular flexibility index (Phi) is 4.35. The minimum atomic E-state index is 0.730. The zero-order chi connectivity index (χ0) is 12.1. The van der Waals surface area contributed by atoms with E-state index < -0.39 is 0 Å². The third kappa shape index (κ3) is 2.35. The number of carbonyl (C=O) groups excluding carboxylic acids is 1. The highest BCUT2D eigenvalue weighted by Crippen LogP contribution is 2.32. The number of hydrogen-bond acceptors (Lipinski definition) is 2. The van der Waals surface area contributed by atoms with Gasteiger partial charge in [0.05, 0.1) is 7.11 Å². The Morgan fingerprint density at radius 2 is 2.12 bits per heavy atom. The highest BCUT2D eigenvalue weighted by atomic mass is 16.5. The number of carbonyl (C=O) groups is 1. The van der Waals surface area contributed by atoms with Gasteiger partial charge in [-0.25, -0.2) is 0 Å². The summed E-state index contributed by atoms with van der Waals surface area (Å²) in [4.78, 5) is 10.6. The lowest BCUT2D eigenvalue weighted by Gasteiger charge is -2.17. The lowest BCUT2D eigenvalue weighted by atomic mass is 9.97. The first-order valence-corrected chi connectivity index (χ1v) is 5.52. The molecule has 0 spiro atoms. The molecule has 0 heterocycles. The molecule has 3 heteroatoms. The van der Waals surface area contributed by atoms with Crippen molar-refractivity contribution >= 4 is 12.1 Å². The molecular formula is C13H19NO2. The topological polar surface area (TPSA) is 38.3 Å². The van der Waals surface area contributed by atoms with E-state index in [1.54, 1.807) is 7.11 Å². The number of anilines is 1. The summed E-state index contributed by atoms with van der Waals surface area (Å²) < 4.78 is 5.33. The van der Waals surface area contributed by atoms with Crippen LogP contribution < -0.4 is 10.1 Å². The number of hydrogen-bond donors (Lipinski definition) is 1. The number of benzene rings is 1. The molecule has 0 bridgehead atoms. The molecule has 1 aromatic carbocycles. The Hall–Kier alpha value is -1.51. The molecule has 1 aromatic rings. The quantitative estimate of drug-likeness (QED) is 0.776. The van der Waals surface area contributed by atoms with Crippen molar-refractivity contribution in [3.8, 4) is 5.75 Å². The SMILES string of the molecule is CCCc1c(C)c(OC)cc(C)c1NC=O. The number of nitrogens with one attached hydrogen (secondary N) is 1. The summed E-state index contributed by atoms with van der Waals surface area (Å²) in [7, 11) is 1.67. The van der Waals surface area contributed by atoms with Gasteiger partial charge < -0.3 is 10.1 Å². The van der Waals surface area contributed by atoms with Crippen molar-refractivity contribution in [1.82, 2.24) is 0 Å². The van der Waals surface area contributed by atoms with Crippen LogP contribution in [0.5, 0.6) is 5.75 Å². The Labute approximate surface area is 96.8 Å². The Bertz CT molecular complexity index is 386. The van der Waals surface area contributed by atoms with Gasteiger partial charge in [0.1, 0.15) is 5.75 Å². The summed E-state index contributed by atoms with van der Waals surface area (Å²) in [6.07, 6.45) is 2.72. The van der Waals surface area contributed by atoms with Crippen LogP contribution in [0.3, 0.4) is 0 Å². The normalized spacial score (nSPS) is 10.0. The van der Waals surface area contributed by atoms with Gasteiger partial charge >= 0.3 is 0 Å². The van der Waals surface area contributed by atoms with Crippen LogP contribution in [0.15, 0.2) is 6.07 Å². The van der Waals surface area contributed by atoms with E-state index >= 15 is 0 Å². The molecule has 0 aromatic heterocycles. The summed E-state index contributed by atoms with van der Waals surface area (Å²) in [5.74, 6) is 0.886. The number of methoxy groups -OCH3 is 1. The van der Waals surface area contributed by atoms with Crippen LogP contribution in [0.4, 0.5) is 5.69 Å². The molecule has 0 aliphatic carbocycles. The molecule has 16 heavy (non-hydrogen) atoms. The molecule has 0 saturated carbocycles. The lowest BCUT2D eigenvalue weighted by molar-refractivity contribution is -0.105. The highest BCUT2D eigenvalue weighted by molar-refractivity contribution is 5.77. The fourth-order valence-corrected chi connectivity index (χ4v) is 1.99. The van der Waals surface area contributed by atoms with Gasteiger partial charge in [0, 0.05) is 5.69 Å². The maximum atomic E-state index is 10.6. The second kappa shape index (κ2) is 5.54. The van der Waals surface area contributed by atoms with Gasteiger partial charge in [0.25, 0.3) is 0 Å². The van der Waals surface area contributed by atoms with E-state index in [1.165, 1.54) is 5.56 Å². The van der Waals surface area contributed by atoms with Gasteiger partial charge in [-0.1, -0.05) is 13.3 Å². The predicted octanol–water partition coefficient (Wildman–Crippen LogP) is 2.83. The molecule has 0 radical (unpaired) electrons. The summed E-state index contributed by atoms with van der Waals surface area (Å²) in [5.41, 5.74) is 4.25. The van der Waals surface area contributed by atoms with Crippen molar-refractivity contribution in [2.45, 2.75) is 33.6 Å². The number of aryl methyl sites for hydroxylation is 1. The van der Waals surface area contributed by atoms with Gasteiger partial charge in [0.2, 0.25) is 6.41 Å². The molecule has 0 unspecified atom stereocenters. The molecule has 0 aliphatic rings. The molecular weight excluding hydrogens is 202 g/mol. The molecule has 3 nitrogen and oxygen atoms in total. The smallest absolute Gasteiger partial charge is 0.211 e. The molecule has 1 N–H and O–H groups in total. The zero-order valence-corrected chi connectivity index (χ0v) is 10.4. The lowest BCUT2D eigenvalue weighted by Crippen LogP contribution is -2.05. The van der Waals surface area contributed by atoms with Crippen molar-refractivity contribution in [3.05, 3.63) is 22.8 Å². The molecule has 0 atom stereocenters. The Balaban J connectivity index is 3.34. The van der Waals surface area contributed by atoms with Crippen molar-refractivity contribution in [1.29, 1.82) is 0 Å². The average molecular weight is 221 g/mol. The fourth-order valence-electron chi connectivity index (χ4n) is 1.99. The number of rotatable bonds is 5. The number of amides is 1. The Morgan fingerprint density at radius 1 is 1.44 bits per heavy atom. The van der Waals surface area contributed by atoms with Crippen LogP contribution in [0, 0.1) is 13.8 Å². The van der Waals surface area contributed by atoms with Crippen LogP contribution >= 0.6 is 0 Å². The molecule has 88 valence electrons. The van der Waals surface area contributed by atoms with Crippen molar-refractivity contribution in [3.63, 3.8) is 0 Å². The van der Waals surface area contributed by atoms with Crippen LogP contribution in [0.1, 0.15) is 30.0 Å². The first-order valence-electron chi connectivity index (χ1n) is 5.52. The van der Waals surface area contributed by atoms with Crippen LogP contribution in [-0.2, 0) is 11.2 Å². The summed E-state index contributed by atoms with van der Waals surface area (Å²) >= 11 is 0. The summed E-state index contributed by atoms with van der Waals surface area (Å²) in [5, 5.41) is 2.79. The van der Waals surface area contributed by atoms with Gasteiger partial charge in [0.15, 0.2) is 0 Å². The average Bonchev–Trinajstić information content (AvgIpc) is 2.28. The van der Waals surface area contributed by atoms with Crippen LogP contribution in [0.25, 0.3) is 0 Å². The van der Waals surface area contributed by atoms with E-state index in [1.807, 2.05) is 19.9 Å². The van der Waals surface area contributed by atoms with E-state index in [0.29, 0.717) is 0 Å². The number of ether oxygens (including phenoxy) is 1. The van der Waals surface area contributed by atoms with E-state index in [0.717, 1.165) is 41.8 Å². The van der Waals surface area contributed by atoms with Gasteiger partial charge in [-0.15, -0.1) is 0 Å². The molecule has 0 aliphatic heterocycles. The van der Waals surface area contributed by atoms with E-state index in [4.69, 9.17) is 4.74 Å². The summed E-state index contributed by atoms with van der Waals surface area (Å²) in [6.45, 7) is 6.13. The van der Waals surface area contributed by atoms with E-state index in [9.17, 15) is 4.79 Å². The first-order chi connectivity index (χ1) is 7.65. The largest absolute Gasteiger partial charge is 0.496 e. The summed E-state index contributed by atoms with van der Waals surface area (Å²) in [6, 6.07) is 1.96. The van der Waals surface area contributed by atoms with E-state index in [-0.39, 0.29) is 0 Å². The minimum Gasteiger partial charge on any atom is -0.496 e. The molecule has 1 amide bonds. The minimum absolute atomic E-state index is 0.730. The van der Waals surface area contributed by atoms with Gasteiger partial charge in [-0.2, -0.15) is 0 Å².